The normalized spacial score (nSPS) is 45.8. The molecule has 0 saturated heterocycles. The molecule has 3 saturated carbocycles. The molecule has 0 aromatic carbocycles. The highest BCUT2D eigenvalue weighted by atomic mass is 14.7. The van der Waals surface area contributed by atoms with Crippen LogP contribution in [0.3, 0.4) is 0 Å². The second-order valence-electron chi connectivity index (χ2n) is 9.99. The fraction of sp³-hybridized carbons (Fsp3) is 0.640. The third-order valence-corrected chi connectivity index (χ3v) is 8.97. The molecule has 1 heterocycles. The van der Waals surface area contributed by atoms with Crippen molar-refractivity contribution in [2.75, 3.05) is 0 Å². The average molecular weight is 348 g/mol. The van der Waals surface area contributed by atoms with Crippen LogP contribution in [0, 0.1) is 34.5 Å². The lowest BCUT2D eigenvalue weighted by atomic mass is 9.45. The van der Waals surface area contributed by atoms with Crippen LogP contribution in [-0.4, -0.2) is 4.98 Å². The molecular formula is C25H33N. The highest BCUT2D eigenvalue weighted by Crippen LogP contribution is 2.65. The van der Waals surface area contributed by atoms with E-state index in [0.29, 0.717) is 10.8 Å². The number of nitrogens with zero attached hydrogens (tertiary/aromatic N) is 1. The summed E-state index contributed by atoms with van der Waals surface area (Å²) in [4.78, 5) is 4.55. The van der Waals surface area contributed by atoms with Crippen molar-refractivity contribution < 1.29 is 0 Å². The van der Waals surface area contributed by atoms with Crippen molar-refractivity contribution in [1.82, 2.24) is 4.98 Å². The van der Waals surface area contributed by atoms with E-state index >= 15 is 0 Å². The van der Waals surface area contributed by atoms with Crippen LogP contribution in [0.5, 0.6) is 0 Å². The van der Waals surface area contributed by atoms with Gasteiger partial charge in [0.25, 0.3) is 0 Å². The van der Waals surface area contributed by atoms with Crippen LogP contribution < -0.4 is 0 Å². The highest BCUT2D eigenvalue weighted by molar-refractivity contribution is 5.57. The Morgan fingerprint density at radius 2 is 1.96 bits per heavy atom. The standard InChI is InChI=1S/C25H33N/c1-24-14-5-3-7-18(24)9-11-21-22-12-10-19(17-20-8-4-6-16-26-20)25(22,2)15-13-23(21)24/h4,6,8,10,12,16-18,21-23H,3,5,7,9,11,13-15H2,1-2H3/t18?,21-,22-,23-,24-,25+/m0/s1. The van der Waals surface area contributed by atoms with Gasteiger partial charge in [0.2, 0.25) is 0 Å². The van der Waals surface area contributed by atoms with E-state index in [2.05, 4.69) is 49.2 Å². The summed E-state index contributed by atoms with van der Waals surface area (Å²) in [5.41, 5.74) is 3.59. The van der Waals surface area contributed by atoms with Crippen LogP contribution in [0.4, 0.5) is 0 Å². The summed E-state index contributed by atoms with van der Waals surface area (Å²) in [6, 6.07) is 6.24. The Kier molecular flexibility index (Phi) is 3.92. The quantitative estimate of drug-likeness (QED) is 0.552. The fourth-order valence-electron chi connectivity index (χ4n) is 7.47. The van der Waals surface area contributed by atoms with Crippen molar-refractivity contribution in [1.29, 1.82) is 0 Å². The number of aromatic nitrogens is 1. The van der Waals surface area contributed by atoms with E-state index in [1.54, 1.807) is 0 Å². The molecule has 1 heteroatoms. The summed E-state index contributed by atoms with van der Waals surface area (Å²) in [7, 11) is 0. The van der Waals surface area contributed by atoms with E-state index in [4.69, 9.17) is 0 Å². The van der Waals surface area contributed by atoms with Gasteiger partial charge < -0.3 is 0 Å². The Hall–Kier alpha value is -1.37. The van der Waals surface area contributed by atoms with Gasteiger partial charge in [0.1, 0.15) is 0 Å². The zero-order chi connectivity index (χ0) is 17.8. The molecule has 26 heavy (non-hydrogen) atoms. The minimum absolute atomic E-state index is 0.330. The van der Waals surface area contributed by atoms with Gasteiger partial charge in [0.05, 0.1) is 5.69 Å². The van der Waals surface area contributed by atoms with E-state index in [1.807, 2.05) is 12.3 Å². The molecule has 4 aliphatic carbocycles. The van der Waals surface area contributed by atoms with Gasteiger partial charge in [0.15, 0.2) is 0 Å². The Morgan fingerprint density at radius 3 is 2.81 bits per heavy atom. The lowest BCUT2D eigenvalue weighted by molar-refractivity contribution is -0.0889. The molecule has 1 aromatic rings. The molecule has 138 valence electrons. The first-order valence-electron chi connectivity index (χ1n) is 10.9. The van der Waals surface area contributed by atoms with Crippen molar-refractivity contribution in [2.45, 2.75) is 65.2 Å². The van der Waals surface area contributed by atoms with Crippen molar-refractivity contribution in [3.8, 4) is 0 Å². The first kappa shape index (κ1) is 16.8. The summed E-state index contributed by atoms with van der Waals surface area (Å²) >= 11 is 0. The number of rotatable bonds is 1. The Labute approximate surface area is 159 Å². The minimum atomic E-state index is 0.330. The summed E-state index contributed by atoms with van der Waals surface area (Å²) < 4.78 is 0. The molecule has 0 bridgehead atoms. The Morgan fingerprint density at radius 1 is 1.04 bits per heavy atom. The lowest BCUT2D eigenvalue weighted by Crippen LogP contribution is -2.52. The van der Waals surface area contributed by atoms with Crippen molar-refractivity contribution in [2.24, 2.45) is 34.5 Å². The van der Waals surface area contributed by atoms with Gasteiger partial charge >= 0.3 is 0 Å². The van der Waals surface area contributed by atoms with Gasteiger partial charge in [-0.2, -0.15) is 0 Å². The molecule has 0 aliphatic heterocycles. The summed E-state index contributed by atoms with van der Waals surface area (Å²) in [5.74, 6) is 3.61. The van der Waals surface area contributed by atoms with Gasteiger partial charge in [0, 0.05) is 6.20 Å². The van der Waals surface area contributed by atoms with Crippen LogP contribution in [0.25, 0.3) is 6.08 Å². The van der Waals surface area contributed by atoms with Crippen molar-refractivity contribution >= 4 is 6.08 Å². The highest BCUT2D eigenvalue weighted by Gasteiger charge is 2.57. The first-order valence-corrected chi connectivity index (χ1v) is 10.9. The maximum atomic E-state index is 4.55. The third kappa shape index (κ3) is 2.38. The maximum absolute atomic E-state index is 4.55. The first-order chi connectivity index (χ1) is 12.6. The Balaban J connectivity index is 1.45. The topological polar surface area (TPSA) is 12.9 Å². The van der Waals surface area contributed by atoms with Gasteiger partial charge in [-0.3, -0.25) is 4.98 Å². The molecule has 0 amide bonds. The molecule has 4 aliphatic rings. The zero-order valence-electron chi connectivity index (χ0n) is 16.5. The summed E-state index contributed by atoms with van der Waals surface area (Å²) in [5, 5.41) is 0. The van der Waals surface area contributed by atoms with Crippen molar-refractivity contribution in [3.05, 3.63) is 47.8 Å². The minimum Gasteiger partial charge on any atom is -0.257 e. The molecule has 0 N–H and O–H groups in total. The predicted molar refractivity (Wildman–Crippen MR) is 108 cm³/mol. The molecule has 5 rings (SSSR count). The van der Waals surface area contributed by atoms with E-state index in [-0.39, 0.29) is 0 Å². The SMILES string of the molecule is C[C@]12CCCCC1CC[C@@H]1[C@@H]2CC[C@]2(C)C(=Cc3ccccn3)C=C[C@@H]12. The van der Waals surface area contributed by atoms with Gasteiger partial charge in [-0.25, -0.2) is 0 Å². The molecule has 1 unspecified atom stereocenters. The second-order valence-corrected chi connectivity index (χ2v) is 9.99. The predicted octanol–water partition coefficient (Wildman–Crippen LogP) is 6.67. The summed E-state index contributed by atoms with van der Waals surface area (Å²) in [6.45, 7) is 5.21. The van der Waals surface area contributed by atoms with Crippen LogP contribution >= 0.6 is 0 Å². The molecule has 1 nitrogen and oxygen atoms in total. The number of hydrogen-bond donors (Lipinski definition) is 0. The van der Waals surface area contributed by atoms with Gasteiger partial charge in [-0.15, -0.1) is 0 Å². The average Bonchev–Trinajstić information content (AvgIpc) is 2.98. The maximum Gasteiger partial charge on any atom is 0.0632 e. The number of allylic oxidation sites excluding steroid dienone is 3. The molecule has 0 spiro atoms. The number of hydrogen-bond acceptors (Lipinski definition) is 1. The summed E-state index contributed by atoms with van der Waals surface area (Å²) in [6.07, 6.45) is 21.0. The van der Waals surface area contributed by atoms with E-state index < -0.39 is 0 Å². The van der Waals surface area contributed by atoms with Crippen molar-refractivity contribution in [3.63, 3.8) is 0 Å². The fourth-order valence-corrected chi connectivity index (χ4v) is 7.47. The molecule has 1 aromatic heterocycles. The number of pyridine rings is 1. The third-order valence-electron chi connectivity index (χ3n) is 8.97. The van der Waals surface area contributed by atoms with E-state index in [1.165, 1.54) is 56.9 Å². The van der Waals surface area contributed by atoms with E-state index in [0.717, 1.165) is 29.4 Å². The largest absolute Gasteiger partial charge is 0.257 e. The molecular weight excluding hydrogens is 314 g/mol. The lowest BCUT2D eigenvalue weighted by Gasteiger charge is -2.60. The van der Waals surface area contributed by atoms with Crippen LogP contribution in [-0.2, 0) is 0 Å². The second kappa shape index (κ2) is 6.08. The van der Waals surface area contributed by atoms with E-state index in [9.17, 15) is 0 Å². The smallest absolute Gasteiger partial charge is 0.0632 e. The Bertz CT molecular complexity index is 732. The molecule has 6 atom stereocenters. The van der Waals surface area contributed by atoms with Crippen LogP contribution in [0.15, 0.2) is 42.1 Å². The number of fused-ring (bicyclic) bond motifs is 5. The zero-order valence-corrected chi connectivity index (χ0v) is 16.5. The molecule has 3 fully saturated rings. The molecule has 0 radical (unpaired) electrons. The van der Waals surface area contributed by atoms with Gasteiger partial charge in [-0.05, 0) is 96.8 Å². The van der Waals surface area contributed by atoms with Crippen LogP contribution in [0.2, 0.25) is 0 Å². The van der Waals surface area contributed by atoms with Crippen LogP contribution in [0.1, 0.15) is 70.9 Å². The van der Waals surface area contributed by atoms with Gasteiger partial charge in [-0.1, -0.05) is 44.9 Å². The monoisotopic (exact) mass is 347 g/mol.